The number of rotatable bonds is 4. The number of hydrogen-bond donors (Lipinski definition) is 0. The van der Waals surface area contributed by atoms with E-state index >= 15 is 0 Å². The fourth-order valence-electron chi connectivity index (χ4n) is 10.2. The van der Waals surface area contributed by atoms with Crippen molar-refractivity contribution < 1.29 is 8.83 Å². The third kappa shape index (κ3) is 4.55. The number of aromatic nitrogens is 3. The van der Waals surface area contributed by atoms with E-state index in [1.807, 2.05) is 24.3 Å². The van der Waals surface area contributed by atoms with Gasteiger partial charge in [0.15, 0.2) is 0 Å². The second-order valence-electron chi connectivity index (χ2n) is 16.1. The first-order valence-corrected chi connectivity index (χ1v) is 20.8. The third-order valence-electron chi connectivity index (χ3n) is 12.9. The van der Waals surface area contributed by atoms with Gasteiger partial charge in [-0.05, 0) is 108 Å². The molecule has 0 unspecified atom stereocenters. The SMILES string of the molecule is c1ccc2c(c1)oc1ccc(-n3c4ccccc4c4cc(-c5ccc6c(c5)c5ccccc5n6-c5ccc(-n6c7ccccc7c7c8ccccc8oc76)cc5)ccc43)cc12. The molecule has 0 bridgehead atoms. The van der Waals surface area contributed by atoms with Crippen molar-refractivity contribution in [2.24, 2.45) is 0 Å². The molecular formula is C56H33N3O2. The molecule has 0 saturated carbocycles. The highest BCUT2D eigenvalue weighted by Crippen LogP contribution is 2.41. The Labute approximate surface area is 348 Å². The van der Waals surface area contributed by atoms with Crippen molar-refractivity contribution in [1.29, 1.82) is 0 Å². The van der Waals surface area contributed by atoms with Crippen molar-refractivity contribution in [2.75, 3.05) is 0 Å². The van der Waals surface area contributed by atoms with Gasteiger partial charge in [-0.3, -0.25) is 4.57 Å². The second-order valence-corrected chi connectivity index (χ2v) is 16.1. The lowest BCUT2D eigenvalue weighted by Gasteiger charge is -2.11. The molecule has 0 atom stereocenters. The minimum atomic E-state index is 0.867. The van der Waals surface area contributed by atoms with E-state index in [0.717, 1.165) is 66.6 Å². The van der Waals surface area contributed by atoms with Gasteiger partial charge in [0, 0.05) is 60.2 Å². The molecule has 0 aliphatic rings. The number of nitrogens with zero attached hydrogens (tertiary/aromatic N) is 3. The molecule has 5 heterocycles. The van der Waals surface area contributed by atoms with Crippen LogP contribution in [0.5, 0.6) is 0 Å². The first-order valence-electron chi connectivity index (χ1n) is 20.8. The van der Waals surface area contributed by atoms with Gasteiger partial charge >= 0.3 is 0 Å². The zero-order valence-corrected chi connectivity index (χ0v) is 32.7. The van der Waals surface area contributed by atoms with E-state index in [0.29, 0.717) is 0 Å². The summed E-state index contributed by atoms with van der Waals surface area (Å²) >= 11 is 0. The molecular weight excluding hydrogens is 747 g/mol. The molecule has 0 radical (unpaired) electrons. The molecule has 0 spiro atoms. The Bertz CT molecular complexity index is 4110. The molecule has 5 heteroatoms. The first-order chi connectivity index (χ1) is 30.2. The van der Waals surface area contributed by atoms with Crippen LogP contribution in [0.1, 0.15) is 0 Å². The number of fused-ring (bicyclic) bond motifs is 14. The van der Waals surface area contributed by atoms with Crippen LogP contribution in [0.15, 0.2) is 209 Å². The smallest absolute Gasteiger partial charge is 0.213 e. The number of benzene rings is 9. The predicted molar refractivity (Wildman–Crippen MR) is 252 cm³/mol. The molecule has 5 aromatic heterocycles. The van der Waals surface area contributed by atoms with Crippen molar-refractivity contribution >= 4 is 98.5 Å². The van der Waals surface area contributed by atoms with E-state index in [-0.39, 0.29) is 0 Å². The molecule has 0 N–H and O–H groups in total. The molecule has 0 aliphatic carbocycles. The Balaban J connectivity index is 0.893. The Morgan fingerprint density at radius 2 is 0.705 bits per heavy atom. The first kappa shape index (κ1) is 32.7. The highest BCUT2D eigenvalue weighted by molar-refractivity contribution is 6.20. The fourth-order valence-corrected chi connectivity index (χ4v) is 10.2. The number of furan rings is 2. The second kappa shape index (κ2) is 12.1. The van der Waals surface area contributed by atoms with Gasteiger partial charge in [0.25, 0.3) is 0 Å². The van der Waals surface area contributed by atoms with Crippen LogP contribution in [0.2, 0.25) is 0 Å². The van der Waals surface area contributed by atoms with Gasteiger partial charge in [0.05, 0.1) is 33.0 Å². The summed E-state index contributed by atoms with van der Waals surface area (Å²) < 4.78 is 19.7. The molecule has 14 rings (SSSR count). The van der Waals surface area contributed by atoms with Crippen molar-refractivity contribution in [1.82, 2.24) is 13.7 Å². The average molecular weight is 780 g/mol. The fraction of sp³-hybridized carbons (Fsp3) is 0. The quantitative estimate of drug-likeness (QED) is 0.178. The standard InChI is InChI=1S/C56H33N3O2/c1-6-16-47-39(11-1)44-31-34(35-22-29-51-45(32-35)40-12-2-7-17-48(40)58(51)38-27-30-54-46(33-38)41-13-4-9-19-52(41)60-54)21-28-50(44)57(47)36-23-25-37(26-24-36)59-49-18-8-3-14-42(49)55-43-15-5-10-20-53(43)61-56(55)59/h1-33H. The van der Waals surface area contributed by atoms with E-state index in [1.54, 1.807) is 0 Å². The molecule has 0 fully saturated rings. The van der Waals surface area contributed by atoms with E-state index < -0.39 is 0 Å². The molecule has 9 aromatic carbocycles. The maximum atomic E-state index is 6.53. The Kier molecular flexibility index (Phi) is 6.49. The Morgan fingerprint density at radius 3 is 1.34 bits per heavy atom. The van der Waals surface area contributed by atoms with Crippen LogP contribution in [0, 0.1) is 0 Å². The van der Waals surface area contributed by atoms with Crippen LogP contribution in [0.25, 0.3) is 127 Å². The largest absolute Gasteiger partial charge is 0.456 e. The van der Waals surface area contributed by atoms with Crippen LogP contribution in [0.4, 0.5) is 0 Å². The lowest BCUT2D eigenvalue weighted by atomic mass is 10.0. The van der Waals surface area contributed by atoms with Crippen molar-refractivity contribution in [3.05, 3.63) is 200 Å². The van der Waals surface area contributed by atoms with Gasteiger partial charge < -0.3 is 18.0 Å². The zero-order chi connectivity index (χ0) is 39.8. The topological polar surface area (TPSA) is 41.1 Å². The van der Waals surface area contributed by atoms with E-state index in [2.05, 4.69) is 190 Å². The summed E-state index contributed by atoms with van der Waals surface area (Å²) in [5.74, 6) is 0. The molecule has 0 amide bonds. The van der Waals surface area contributed by atoms with Crippen molar-refractivity contribution in [3.8, 4) is 28.2 Å². The van der Waals surface area contributed by atoms with Gasteiger partial charge in [-0.1, -0.05) is 103 Å². The lowest BCUT2D eigenvalue weighted by molar-refractivity contribution is 0.645. The van der Waals surface area contributed by atoms with Crippen molar-refractivity contribution in [3.63, 3.8) is 0 Å². The minimum Gasteiger partial charge on any atom is -0.456 e. The summed E-state index contributed by atoms with van der Waals surface area (Å²) in [6, 6.07) is 71.9. The van der Waals surface area contributed by atoms with Crippen LogP contribution in [-0.4, -0.2) is 13.7 Å². The molecule has 14 aromatic rings. The summed E-state index contributed by atoms with van der Waals surface area (Å²) in [7, 11) is 0. The van der Waals surface area contributed by atoms with E-state index in [9.17, 15) is 0 Å². The normalized spacial score (nSPS) is 12.3. The molecule has 61 heavy (non-hydrogen) atoms. The zero-order valence-electron chi connectivity index (χ0n) is 32.7. The van der Waals surface area contributed by atoms with Gasteiger partial charge in [0.2, 0.25) is 5.71 Å². The van der Waals surface area contributed by atoms with Crippen LogP contribution >= 0.6 is 0 Å². The summed E-state index contributed by atoms with van der Waals surface area (Å²) in [5.41, 5.74) is 15.1. The molecule has 5 nitrogen and oxygen atoms in total. The average Bonchev–Trinajstić information content (AvgIpc) is 4.12. The summed E-state index contributed by atoms with van der Waals surface area (Å²) in [6.45, 7) is 0. The maximum Gasteiger partial charge on any atom is 0.213 e. The number of para-hydroxylation sites is 5. The molecule has 0 saturated heterocycles. The Hall–Kier alpha value is -8.28. The summed E-state index contributed by atoms with van der Waals surface area (Å²) in [4.78, 5) is 0. The molecule has 284 valence electrons. The summed E-state index contributed by atoms with van der Waals surface area (Å²) in [5, 5.41) is 10.6. The highest BCUT2D eigenvalue weighted by Gasteiger charge is 2.20. The Morgan fingerprint density at radius 1 is 0.262 bits per heavy atom. The monoisotopic (exact) mass is 779 g/mol. The minimum absolute atomic E-state index is 0.867. The van der Waals surface area contributed by atoms with Crippen molar-refractivity contribution in [2.45, 2.75) is 0 Å². The van der Waals surface area contributed by atoms with Crippen LogP contribution in [0.3, 0.4) is 0 Å². The lowest BCUT2D eigenvalue weighted by Crippen LogP contribution is -1.97. The van der Waals surface area contributed by atoms with Crippen LogP contribution < -0.4 is 0 Å². The third-order valence-corrected chi connectivity index (χ3v) is 12.9. The highest BCUT2D eigenvalue weighted by atomic mass is 16.3. The maximum absolute atomic E-state index is 6.53. The van der Waals surface area contributed by atoms with E-state index in [1.165, 1.54) is 60.1 Å². The summed E-state index contributed by atoms with van der Waals surface area (Å²) in [6.07, 6.45) is 0. The van der Waals surface area contributed by atoms with Crippen LogP contribution in [-0.2, 0) is 0 Å². The van der Waals surface area contributed by atoms with Gasteiger partial charge in [-0.15, -0.1) is 0 Å². The van der Waals surface area contributed by atoms with E-state index in [4.69, 9.17) is 8.83 Å². The number of hydrogen-bond acceptors (Lipinski definition) is 2. The predicted octanol–water partition coefficient (Wildman–Crippen LogP) is 15.3. The van der Waals surface area contributed by atoms with Gasteiger partial charge in [-0.25, -0.2) is 0 Å². The van der Waals surface area contributed by atoms with Gasteiger partial charge in [0.1, 0.15) is 16.7 Å². The van der Waals surface area contributed by atoms with Gasteiger partial charge in [-0.2, -0.15) is 0 Å². The molecule has 0 aliphatic heterocycles.